The Morgan fingerprint density at radius 3 is 2.47 bits per heavy atom. The van der Waals surface area contributed by atoms with Crippen molar-refractivity contribution in [1.82, 2.24) is 5.32 Å². The average Bonchev–Trinajstić information content (AvgIpc) is 2.36. The van der Waals surface area contributed by atoms with E-state index < -0.39 is 0 Å². The first kappa shape index (κ1) is 12.0. The molecule has 0 aliphatic heterocycles. The molecule has 0 saturated heterocycles. The van der Waals surface area contributed by atoms with Gasteiger partial charge in [-0.25, -0.2) is 0 Å². The lowest BCUT2D eigenvalue weighted by atomic mass is 10.2. The van der Waals surface area contributed by atoms with Crippen molar-refractivity contribution in [3.63, 3.8) is 0 Å². The Labute approximate surface area is 106 Å². The number of hydrogen-bond donors (Lipinski definition) is 2. The molecule has 17 heavy (non-hydrogen) atoms. The Morgan fingerprint density at radius 1 is 0.941 bits per heavy atom. The van der Waals surface area contributed by atoms with Gasteiger partial charge in [-0.15, -0.1) is 0 Å². The molecule has 88 valence electrons. The third-order valence-electron chi connectivity index (χ3n) is 2.56. The van der Waals surface area contributed by atoms with Gasteiger partial charge < -0.3 is 10.4 Å². The summed E-state index contributed by atoms with van der Waals surface area (Å²) in [6.07, 6.45) is 0. The number of phenols is 1. The van der Waals surface area contributed by atoms with Crippen LogP contribution in [-0.4, -0.2) is 5.11 Å². The van der Waals surface area contributed by atoms with Crippen LogP contribution in [0.4, 0.5) is 0 Å². The predicted octanol–water partition coefficient (Wildman–Crippen LogP) is 3.34. The highest BCUT2D eigenvalue weighted by atomic mass is 35.5. The lowest BCUT2D eigenvalue weighted by Crippen LogP contribution is -2.12. The second-order valence-corrected chi connectivity index (χ2v) is 4.24. The van der Waals surface area contributed by atoms with Crippen molar-refractivity contribution in [2.75, 3.05) is 0 Å². The van der Waals surface area contributed by atoms with E-state index in [-0.39, 0.29) is 5.75 Å². The summed E-state index contributed by atoms with van der Waals surface area (Å²) in [5.74, 6) is 0.162. The second kappa shape index (κ2) is 5.71. The standard InChI is InChI=1S/C14H14ClNO/c15-13-8-4-7-12(14(13)17)10-16-9-11-5-2-1-3-6-11/h1-8,16-17H,9-10H2. The molecule has 0 aliphatic carbocycles. The van der Waals surface area contributed by atoms with Crippen molar-refractivity contribution in [1.29, 1.82) is 0 Å². The number of benzene rings is 2. The van der Waals surface area contributed by atoms with Crippen LogP contribution in [0.25, 0.3) is 0 Å². The summed E-state index contributed by atoms with van der Waals surface area (Å²) in [5.41, 5.74) is 2.03. The molecule has 0 bridgehead atoms. The first-order valence-corrected chi connectivity index (χ1v) is 5.86. The van der Waals surface area contributed by atoms with Crippen LogP contribution in [0, 0.1) is 0 Å². The zero-order valence-electron chi connectivity index (χ0n) is 9.36. The predicted molar refractivity (Wildman–Crippen MR) is 70.1 cm³/mol. The molecule has 0 saturated carbocycles. The first-order valence-electron chi connectivity index (χ1n) is 5.48. The highest BCUT2D eigenvalue weighted by Crippen LogP contribution is 2.26. The molecular weight excluding hydrogens is 234 g/mol. The van der Waals surface area contributed by atoms with Crippen LogP contribution >= 0.6 is 11.6 Å². The maximum atomic E-state index is 9.72. The molecule has 0 unspecified atom stereocenters. The molecule has 3 heteroatoms. The van der Waals surface area contributed by atoms with Crippen LogP contribution in [0.1, 0.15) is 11.1 Å². The van der Waals surface area contributed by atoms with Crippen LogP contribution in [0.3, 0.4) is 0 Å². The summed E-state index contributed by atoms with van der Waals surface area (Å²) in [5, 5.41) is 13.4. The van der Waals surface area contributed by atoms with Crippen molar-refractivity contribution in [3.8, 4) is 5.75 Å². The van der Waals surface area contributed by atoms with Crippen LogP contribution in [0.2, 0.25) is 5.02 Å². The molecule has 0 atom stereocenters. The summed E-state index contributed by atoms with van der Waals surface area (Å²) in [4.78, 5) is 0. The number of phenolic OH excluding ortho intramolecular Hbond substituents is 1. The van der Waals surface area contributed by atoms with E-state index in [1.807, 2.05) is 30.3 Å². The number of hydrogen-bond acceptors (Lipinski definition) is 2. The van der Waals surface area contributed by atoms with Crippen molar-refractivity contribution in [2.45, 2.75) is 13.1 Å². The van der Waals surface area contributed by atoms with Crippen LogP contribution in [-0.2, 0) is 13.1 Å². The van der Waals surface area contributed by atoms with E-state index in [4.69, 9.17) is 11.6 Å². The van der Waals surface area contributed by atoms with E-state index in [1.165, 1.54) is 5.56 Å². The third kappa shape index (κ3) is 3.22. The Hall–Kier alpha value is -1.51. The van der Waals surface area contributed by atoms with Crippen LogP contribution < -0.4 is 5.32 Å². The minimum Gasteiger partial charge on any atom is -0.506 e. The largest absolute Gasteiger partial charge is 0.506 e. The monoisotopic (exact) mass is 247 g/mol. The molecular formula is C14H14ClNO. The van der Waals surface area contributed by atoms with E-state index in [0.29, 0.717) is 11.6 Å². The first-order chi connectivity index (χ1) is 8.27. The van der Waals surface area contributed by atoms with E-state index in [1.54, 1.807) is 6.07 Å². The molecule has 0 radical (unpaired) electrons. The van der Waals surface area contributed by atoms with E-state index in [0.717, 1.165) is 12.1 Å². The Morgan fingerprint density at radius 2 is 1.71 bits per heavy atom. The summed E-state index contributed by atoms with van der Waals surface area (Å²) < 4.78 is 0. The SMILES string of the molecule is Oc1c(Cl)cccc1CNCc1ccccc1. The van der Waals surface area contributed by atoms with Gasteiger partial charge in [0.1, 0.15) is 5.75 Å². The molecule has 2 nitrogen and oxygen atoms in total. The zero-order chi connectivity index (χ0) is 12.1. The molecule has 0 aliphatic rings. The maximum absolute atomic E-state index is 9.72. The fourth-order valence-electron chi connectivity index (χ4n) is 1.64. The molecule has 0 fully saturated rings. The van der Waals surface area contributed by atoms with E-state index in [2.05, 4.69) is 17.4 Å². The van der Waals surface area contributed by atoms with Crippen LogP contribution in [0.5, 0.6) is 5.75 Å². The summed E-state index contributed by atoms with van der Waals surface area (Å²) in [7, 11) is 0. The normalized spacial score (nSPS) is 10.4. The van der Waals surface area contributed by atoms with E-state index >= 15 is 0 Å². The second-order valence-electron chi connectivity index (χ2n) is 3.84. The Balaban J connectivity index is 1.93. The molecule has 0 spiro atoms. The summed E-state index contributed by atoms with van der Waals surface area (Å²) in [6.45, 7) is 1.37. The molecule has 0 amide bonds. The smallest absolute Gasteiger partial charge is 0.138 e. The number of aromatic hydroxyl groups is 1. The highest BCUT2D eigenvalue weighted by Gasteiger charge is 2.03. The third-order valence-corrected chi connectivity index (χ3v) is 2.86. The van der Waals surface area contributed by atoms with Gasteiger partial charge in [-0.05, 0) is 11.6 Å². The van der Waals surface area contributed by atoms with Crippen molar-refractivity contribution < 1.29 is 5.11 Å². The van der Waals surface area contributed by atoms with Gasteiger partial charge in [-0.3, -0.25) is 0 Å². The van der Waals surface area contributed by atoms with Gasteiger partial charge in [0.2, 0.25) is 0 Å². The van der Waals surface area contributed by atoms with Gasteiger partial charge >= 0.3 is 0 Å². The van der Waals surface area contributed by atoms with Crippen molar-refractivity contribution in [3.05, 3.63) is 64.7 Å². The van der Waals surface area contributed by atoms with Gasteiger partial charge in [-0.1, -0.05) is 54.1 Å². The molecule has 2 N–H and O–H groups in total. The fraction of sp³-hybridized carbons (Fsp3) is 0.143. The quantitative estimate of drug-likeness (QED) is 0.869. The maximum Gasteiger partial charge on any atom is 0.138 e. The highest BCUT2D eigenvalue weighted by molar-refractivity contribution is 6.32. The Bertz CT molecular complexity index is 485. The molecule has 0 heterocycles. The molecule has 2 aromatic carbocycles. The van der Waals surface area contributed by atoms with Crippen molar-refractivity contribution in [2.24, 2.45) is 0 Å². The summed E-state index contributed by atoms with van der Waals surface area (Å²) >= 11 is 5.83. The average molecular weight is 248 g/mol. The number of nitrogens with one attached hydrogen (secondary N) is 1. The van der Waals surface area contributed by atoms with Gasteiger partial charge in [0.05, 0.1) is 5.02 Å². The van der Waals surface area contributed by atoms with E-state index in [9.17, 15) is 5.11 Å². The summed E-state index contributed by atoms with van der Waals surface area (Å²) in [6, 6.07) is 15.5. The lowest BCUT2D eigenvalue weighted by molar-refractivity contribution is 0.464. The van der Waals surface area contributed by atoms with Crippen LogP contribution in [0.15, 0.2) is 48.5 Å². The van der Waals surface area contributed by atoms with Gasteiger partial charge in [0, 0.05) is 18.7 Å². The molecule has 2 rings (SSSR count). The lowest BCUT2D eigenvalue weighted by Gasteiger charge is -2.07. The van der Waals surface area contributed by atoms with Gasteiger partial charge in [-0.2, -0.15) is 0 Å². The number of rotatable bonds is 4. The number of para-hydroxylation sites is 1. The fourth-order valence-corrected chi connectivity index (χ4v) is 1.83. The van der Waals surface area contributed by atoms with Gasteiger partial charge in [0.15, 0.2) is 0 Å². The zero-order valence-corrected chi connectivity index (χ0v) is 10.1. The topological polar surface area (TPSA) is 32.3 Å². The minimum absolute atomic E-state index is 0.162. The minimum atomic E-state index is 0.162. The number of halogens is 1. The molecule has 2 aromatic rings. The van der Waals surface area contributed by atoms with Crippen molar-refractivity contribution >= 4 is 11.6 Å². The Kier molecular flexibility index (Phi) is 4.02. The van der Waals surface area contributed by atoms with Gasteiger partial charge in [0.25, 0.3) is 0 Å². The molecule has 0 aromatic heterocycles.